The summed E-state index contributed by atoms with van der Waals surface area (Å²) in [6, 6.07) is 12.0. The molecule has 2 heterocycles. The van der Waals surface area contributed by atoms with E-state index in [0.29, 0.717) is 6.54 Å². The Morgan fingerprint density at radius 2 is 1.94 bits per heavy atom. The molecule has 3 rings (SSSR count). The first kappa shape index (κ1) is 11.1. The second kappa shape index (κ2) is 4.02. The average Bonchev–Trinajstić information content (AvgIpc) is 2.70. The highest BCUT2D eigenvalue weighted by Crippen LogP contribution is 2.26. The van der Waals surface area contributed by atoms with Crippen LogP contribution >= 0.6 is 0 Å². The van der Waals surface area contributed by atoms with E-state index < -0.39 is 0 Å². The van der Waals surface area contributed by atoms with Crippen LogP contribution in [0.2, 0.25) is 0 Å². The third-order valence-electron chi connectivity index (χ3n) is 3.55. The zero-order valence-electron chi connectivity index (χ0n) is 10.7. The monoisotopic (exact) mass is 240 g/mol. The molecular weight excluding hydrogens is 224 g/mol. The number of hydrogen-bond donors (Lipinski definition) is 0. The van der Waals surface area contributed by atoms with Gasteiger partial charge in [0.2, 0.25) is 0 Å². The second-order valence-electron chi connectivity index (χ2n) is 4.64. The van der Waals surface area contributed by atoms with Crippen molar-refractivity contribution in [3.05, 3.63) is 53.3 Å². The van der Waals surface area contributed by atoms with E-state index in [4.69, 9.17) is 0 Å². The van der Waals surface area contributed by atoms with Crippen LogP contribution in [0.1, 0.15) is 28.7 Å². The van der Waals surface area contributed by atoms with E-state index in [-0.39, 0.29) is 5.91 Å². The molecule has 1 aromatic carbocycles. The smallest absolute Gasteiger partial charge is 0.256 e. The van der Waals surface area contributed by atoms with Crippen LogP contribution in [0.4, 0.5) is 0 Å². The lowest BCUT2D eigenvalue weighted by Crippen LogP contribution is -2.29. The van der Waals surface area contributed by atoms with E-state index in [0.717, 1.165) is 17.8 Å². The summed E-state index contributed by atoms with van der Waals surface area (Å²) in [5.74, 6) is 0.121. The first-order valence-electron chi connectivity index (χ1n) is 6.28. The van der Waals surface area contributed by atoms with Crippen LogP contribution in [-0.2, 0) is 6.54 Å². The molecule has 3 nitrogen and oxygen atoms in total. The van der Waals surface area contributed by atoms with Gasteiger partial charge in [-0.15, -0.1) is 0 Å². The Bertz CT molecular complexity index is 613. The SMILES string of the molecule is CCN1Cc2ccc(C)n2-c2ccccc2C1=O. The van der Waals surface area contributed by atoms with Crippen molar-refractivity contribution in [2.75, 3.05) is 6.54 Å². The Morgan fingerprint density at radius 1 is 1.17 bits per heavy atom. The zero-order chi connectivity index (χ0) is 12.7. The van der Waals surface area contributed by atoms with Crippen molar-refractivity contribution in [3.63, 3.8) is 0 Å². The van der Waals surface area contributed by atoms with Gasteiger partial charge in [0.05, 0.1) is 17.8 Å². The Balaban J connectivity index is 2.30. The number of amides is 1. The fourth-order valence-electron chi connectivity index (χ4n) is 2.60. The Morgan fingerprint density at radius 3 is 2.72 bits per heavy atom. The van der Waals surface area contributed by atoms with Gasteiger partial charge in [-0.25, -0.2) is 0 Å². The molecule has 3 heteroatoms. The number of carbonyl (C=O) groups excluding carboxylic acids is 1. The highest BCUT2D eigenvalue weighted by molar-refractivity contribution is 5.98. The number of nitrogens with zero attached hydrogens (tertiary/aromatic N) is 2. The van der Waals surface area contributed by atoms with E-state index in [1.807, 2.05) is 36.1 Å². The van der Waals surface area contributed by atoms with E-state index >= 15 is 0 Å². The van der Waals surface area contributed by atoms with Crippen LogP contribution in [0.25, 0.3) is 5.69 Å². The Hall–Kier alpha value is -2.03. The van der Waals surface area contributed by atoms with E-state index in [2.05, 4.69) is 23.6 Å². The van der Waals surface area contributed by atoms with Gasteiger partial charge in [0.1, 0.15) is 0 Å². The van der Waals surface area contributed by atoms with Gasteiger partial charge in [0.25, 0.3) is 5.91 Å². The van der Waals surface area contributed by atoms with Crippen molar-refractivity contribution in [3.8, 4) is 5.69 Å². The molecule has 0 spiro atoms. The molecule has 0 atom stereocenters. The van der Waals surface area contributed by atoms with Crippen molar-refractivity contribution in [2.24, 2.45) is 0 Å². The van der Waals surface area contributed by atoms with Gasteiger partial charge in [-0.1, -0.05) is 12.1 Å². The van der Waals surface area contributed by atoms with Gasteiger partial charge in [-0.3, -0.25) is 4.79 Å². The molecule has 0 fully saturated rings. The van der Waals surface area contributed by atoms with Crippen LogP contribution in [0.3, 0.4) is 0 Å². The van der Waals surface area contributed by atoms with E-state index in [1.165, 1.54) is 11.4 Å². The second-order valence-corrected chi connectivity index (χ2v) is 4.64. The molecule has 0 saturated carbocycles. The molecule has 18 heavy (non-hydrogen) atoms. The third kappa shape index (κ3) is 1.47. The van der Waals surface area contributed by atoms with Crippen molar-refractivity contribution in [1.29, 1.82) is 0 Å². The first-order valence-corrected chi connectivity index (χ1v) is 6.28. The Labute approximate surface area is 107 Å². The fraction of sp³-hybridized carbons (Fsp3) is 0.267. The molecule has 0 unspecified atom stereocenters. The fourth-order valence-corrected chi connectivity index (χ4v) is 2.60. The first-order chi connectivity index (χ1) is 8.72. The lowest BCUT2D eigenvalue weighted by Gasteiger charge is -2.18. The van der Waals surface area contributed by atoms with Gasteiger partial charge < -0.3 is 9.47 Å². The largest absolute Gasteiger partial charge is 0.333 e. The van der Waals surface area contributed by atoms with Crippen molar-refractivity contribution in [1.82, 2.24) is 9.47 Å². The highest BCUT2D eigenvalue weighted by atomic mass is 16.2. The molecule has 0 saturated heterocycles. The average molecular weight is 240 g/mol. The van der Waals surface area contributed by atoms with Crippen LogP contribution in [0.5, 0.6) is 0 Å². The number of benzene rings is 1. The summed E-state index contributed by atoms with van der Waals surface area (Å²) in [5, 5.41) is 0. The van der Waals surface area contributed by atoms with Crippen LogP contribution in [0, 0.1) is 6.92 Å². The summed E-state index contributed by atoms with van der Waals surface area (Å²) in [5.41, 5.74) is 4.13. The molecule has 0 radical (unpaired) electrons. The molecule has 92 valence electrons. The molecule has 0 N–H and O–H groups in total. The van der Waals surface area contributed by atoms with Gasteiger partial charge in [0, 0.05) is 17.9 Å². The summed E-state index contributed by atoms with van der Waals surface area (Å²) in [6.07, 6.45) is 0. The normalized spacial score (nSPS) is 14.1. The lowest BCUT2D eigenvalue weighted by molar-refractivity contribution is 0.0755. The molecule has 1 amide bonds. The maximum Gasteiger partial charge on any atom is 0.256 e. The Kier molecular flexibility index (Phi) is 2.47. The number of para-hydroxylation sites is 1. The number of aromatic nitrogens is 1. The van der Waals surface area contributed by atoms with Gasteiger partial charge >= 0.3 is 0 Å². The number of carbonyl (C=O) groups is 1. The number of aryl methyl sites for hydroxylation is 1. The molecule has 1 aliphatic rings. The van der Waals surface area contributed by atoms with Crippen molar-refractivity contribution < 1.29 is 4.79 Å². The van der Waals surface area contributed by atoms with Gasteiger partial charge in [0.15, 0.2) is 0 Å². The summed E-state index contributed by atoms with van der Waals surface area (Å²) in [7, 11) is 0. The standard InChI is InChI=1S/C15H16N2O/c1-3-16-10-12-9-8-11(2)17(12)14-7-5-4-6-13(14)15(16)18/h4-9H,3,10H2,1-2H3. The van der Waals surface area contributed by atoms with Crippen LogP contribution in [0.15, 0.2) is 36.4 Å². The summed E-state index contributed by atoms with van der Waals surface area (Å²) < 4.78 is 2.18. The van der Waals surface area contributed by atoms with Crippen molar-refractivity contribution >= 4 is 5.91 Å². The third-order valence-corrected chi connectivity index (χ3v) is 3.55. The maximum atomic E-state index is 12.5. The molecule has 0 aliphatic carbocycles. The van der Waals surface area contributed by atoms with Gasteiger partial charge in [-0.05, 0) is 38.1 Å². The lowest BCUT2D eigenvalue weighted by atomic mass is 10.1. The van der Waals surface area contributed by atoms with E-state index in [1.54, 1.807) is 0 Å². The van der Waals surface area contributed by atoms with Crippen LogP contribution in [-0.4, -0.2) is 21.9 Å². The predicted octanol–water partition coefficient (Wildman–Crippen LogP) is 2.76. The van der Waals surface area contributed by atoms with Crippen LogP contribution < -0.4 is 0 Å². The predicted molar refractivity (Wildman–Crippen MR) is 70.9 cm³/mol. The van der Waals surface area contributed by atoms with E-state index in [9.17, 15) is 4.79 Å². The summed E-state index contributed by atoms with van der Waals surface area (Å²) in [6.45, 7) is 5.51. The molecule has 1 aliphatic heterocycles. The minimum Gasteiger partial charge on any atom is -0.333 e. The topological polar surface area (TPSA) is 25.2 Å². The highest BCUT2D eigenvalue weighted by Gasteiger charge is 2.24. The quantitative estimate of drug-likeness (QED) is 0.752. The molecular formula is C15H16N2O. The number of rotatable bonds is 1. The minimum atomic E-state index is 0.121. The molecule has 2 aromatic rings. The molecule has 1 aromatic heterocycles. The maximum absolute atomic E-state index is 12.5. The summed E-state index contributed by atoms with van der Waals surface area (Å²) >= 11 is 0. The minimum absolute atomic E-state index is 0.121. The zero-order valence-corrected chi connectivity index (χ0v) is 10.7. The number of fused-ring (bicyclic) bond motifs is 3. The molecule has 0 bridgehead atoms. The van der Waals surface area contributed by atoms with Gasteiger partial charge in [-0.2, -0.15) is 0 Å². The van der Waals surface area contributed by atoms with Crippen molar-refractivity contribution in [2.45, 2.75) is 20.4 Å². The number of hydrogen-bond acceptors (Lipinski definition) is 1. The summed E-state index contributed by atoms with van der Waals surface area (Å²) in [4.78, 5) is 14.3.